The fraction of sp³-hybridized carbons (Fsp3) is 0.167. The predicted octanol–water partition coefficient (Wildman–Crippen LogP) is 5.13. The van der Waals surface area contributed by atoms with Gasteiger partial charge in [-0.2, -0.15) is 5.26 Å². The number of aryl methyl sites for hydroxylation is 1. The van der Waals surface area contributed by atoms with Crippen molar-refractivity contribution in [2.45, 2.75) is 25.7 Å². The van der Waals surface area contributed by atoms with Gasteiger partial charge in [-0.1, -0.05) is 43.4 Å². The molecule has 0 N–H and O–H groups in total. The molecule has 0 saturated heterocycles. The molecule has 0 radical (unpaired) electrons. The van der Waals surface area contributed by atoms with E-state index in [2.05, 4.69) is 11.8 Å². The van der Waals surface area contributed by atoms with Crippen molar-refractivity contribution < 1.29 is 4.39 Å². The van der Waals surface area contributed by atoms with E-state index in [9.17, 15) is 4.39 Å². The maximum absolute atomic E-state index is 13.6. The highest BCUT2D eigenvalue weighted by Gasteiger charge is 2.02. The normalized spacial score (nSPS) is 8.71. The van der Waals surface area contributed by atoms with Gasteiger partial charge >= 0.3 is 0 Å². The quantitative estimate of drug-likeness (QED) is 0.414. The van der Waals surface area contributed by atoms with E-state index in [-0.39, 0.29) is 0 Å². The summed E-state index contributed by atoms with van der Waals surface area (Å²) in [5.41, 5.74) is 2.66. The minimum absolute atomic E-state index is 0.323. The summed E-state index contributed by atoms with van der Waals surface area (Å²) in [6.45, 7) is 6.01. The smallest absolute Gasteiger partial charge is 0.139 e. The number of nitrogens with zero attached hydrogens (tertiary/aromatic N) is 1. The van der Waals surface area contributed by atoms with Crippen LogP contribution in [0.25, 0.3) is 0 Å². The Kier molecular flexibility index (Phi) is 7.09. The molecular weight excluding hydrogens is 281 g/mol. The summed E-state index contributed by atoms with van der Waals surface area (Å²) in [6.07, 6.45) is 0. The number of thioether (sulfide) groups is 1. The van der Waals surface area contributed by atoms with Crippen LogP contribution in [0, 0.1) is 35.2 Å². The largest absolute Gasteiger partial charge is 0.206 e. The molecule has 0 aliphatic carbocycles. The Morgan fingerprint density at radius 3 is 2.10 bits per heavy atom. The van der Waals surface area contributed by atoms with Gasteiger partial charge in [0.05, 0.1) is 4.90 Å². The molecular formula is C18H16FNS. The molecule has 0 spiro atoms. The van der Waals surface area contributed by atoms with Crippen LogP contribution in [0.15, 0.2) is 47.4 Å². The molecule has 1 nitrogen and oxygen atoms in total. The molecule has 0 fully saturated rings. The lowest BCUT2D eigenvalue weighted by Crippen LogP contribution is -1.83. The first-order chi connectivity index (χ1) is 10.2. The van der Waals surface area contributed by atoms with Crippen molar-refractivity contribution in [3.8, 4) is 17.2 Å². The van der Waals surface area contributed by atoms with Crippen LogP contribution in [0.3, 0.4) is 0 Å². The summed E-state index contributed by atoms with van der Waals surface area (Å²) in [7, 11) is 0. The van der Waals surface area contributed by atoms with Gasteiger partial charge in [-0.3, -0.25) is 0 Å². The van der Waals surface area contributed by atoms with E-state index in [1.54, 1.807) is 12.1 Å². The molecule has 2 rings (SSSR count). The number of rotatable bonds is 1. The maximum atomic E-state index is 13.6. The summed E-state index contributed by atoms with van der Waals surface area (Å²) in [4.78, 5) is 0.323. The fourth-order valence-electron chi connectivity index (χ4n) is 1.49. The van der Waals surface area contributed by atoms with E-state index in [0.29, 0.717) is 10.5 Å². The Morgan fingerprint density at radius 2 is 1.52 bits per heavy atom. The van der Waals surface area contributed by atoms with Gasteiger partial charge in [0.2, 0.25) is 0 Å². The first-order valence-corrected chi connectivity index (χ1v) is 7.45. The summed E-state index contributed by atoms with van der Waals surface area (Å²) in [5.74, 6) is 5.47. The zero-order valence-electron chi connectivity index (χ0n) is 12.3. The Hall–Kier alpha value is -2.23. The molecule has 3 heteroatoms. The second-order valence-electron chi connectivity index (χ2n) is 3.95. The molecule has 0 heterocycles. The Labute approximate surface area is 129 Å². The van der Waals surface area contributed by atoms with Crippen LogP contribution in [0.5, 0.6) is 0 Å². The van der Waals surface area contributed by atoms with Gasteiger partial charge in [0.25, 0.3) is 0 Å². The van der Waals surface area contributed by atoms with E-state index in [1.807, 2.05) is 50.4 Å². The molecule has 0 aliphatic heterocycles. The van der Waals surface area contributed by atoms with E-state index in [0.717, 1.165) is 17.3 Å². The highest BCUT2D eigenvalue weighted by atomic mass is 32.2. The maximum Gasteiger partial charge on any atom is 0.139 e. The van der Waals surface area contributed by atoms with Gasteiger partial charge in [-0.25, -0.2) is 4.39 Å². The first-order valence-electron chi connectivity index (χ1n) is 6.63. The van der Waals surface area contributed by atoms with Crippen molar-refractivity contribution in [2.24, 2.45) is 0 Å². The highest BCUT2D eigenvalue weighted by molar-refractivity contribution is 8.03. The number of benzene rings is 2. The van der Waals surface area contributed by atoms with Crippen LogP contribution < -0.4 is 0 Å². The van der Waals surface area contributed by atoms with Gasteiger partial charge in [-0.05, 0) is 49.0 Å². The van der Waals surface area contributed by atoms with Gasteiger partial charge in [0, 0.05) is 11.1 Å². The third-order valence-electron chi connectivity index (χ3n) is 2.49. The molecule has 2 aromatic carbocycles. The molecule has 0 bridgehead atoms. The molecule has 0 aromatic heterocycles. The molecule has 21 heavy (non-hydrogen) atoms. The van der Waals surface area contributed by atoms with Crippen molar-refractivity contribution in [3.05, 3.63) is 65.0 Å². The fourth-order valence-corrected chi connectivity index (χ4v) is 1.88. The number of halogens is 1. The molecule has 0 aliphatic rings. The third kappa shape index (κ3) is 5.34. The number of nitriles is 1. The molecule has 2 aromatic rings. The van der Waals surface area contributed by atoms with Crippen LogP contribution in [-0.4, -0.2) is 0 Å². The van der Waals surface area contributed by atoms with Crippen molar-refractivity contribution in [3.63, 3.8) is 0 Å². The molecule has 106 valence electrons. The summed E-state index contributed by atoms with van der Waals surface area (Å²) in [6, 6.07) is 12.5. The average Bonchev–Trinajstić information content (AvgIpc) is 2.51. The van der Waals surface area contributed by atoms with Crippen molar-refractivity contribution >= 4 is 11.8 Å². The Balaban J connectivity index is 0.00000106. The third-order valence-corrected chi connectivity index (χ3v) is 3.13. The SMILES string of the molecule is CC.Cc1ccc(C#Cc2ccc(SC#N)c(F)c2)cc1. The standard InChI is InChI=1S/C16H10FNS.C2H6/c1-12-2-4-13(5-3-12)6-7-14-8-9-16(19-11-18)15(17)10-14;1-2/h2-5,8-10H,1H3;1-2H3. The minimum Gasteiger partial charge on any atom is -0.206 e. The van der Waals surface area contributed by atoms with Crippen LogP contribution >= 0.6 is 11.8 Å². The van der Waals surface area contributed by atoms with Crippen LogP contribution in [0.2, 0.25) is 0 Å². The Morgan fingerprint density at radius 1 is 0.952 bits per heavy atom. The average molecular weight is 297 g/mol. The number of hydrogen-bond acceptors (Lipinski definition) is 2. The lowest BCUT2D eigenvalue weighted by molar-refractivity contribution is 0.602. The van der Waals surface area contributed by atoms with E-state index < -0.39 is 5.82 Å². The zero-order chi connectivity index (χ0) is 15.7. The van der Waals surface area contributed by atoms with Gasteiger partial charge in [0.15, 0.2) is 0 Å². The van der Waals surface area contributed by atoms with Gasteiger partial charge in [-0.15, -0.1) is 0 Å². The predicted molar refractivity (Wildman–Crippen MR) is 86.4 cm³/mol. The monoisotopic (exact) mass is 297 g/mol. The summed E-state index contributed by atoms with van der Waals surface area (Å²) >= 11 is 0.809. The van der Waals surface area contributed by atoms with Gasteiger partial charge < -0.3 is 0 Å². The number of thiocyanates is 1. The Bertz CT molecular complexity index is 688. The van der Waals surface area contributed by atoms with Gasteiger partial charge in [0.1, 0.15) is 11.2 Å². The van der Waals surface area contributed by atoms with Crippen molar-refractivity contribution in [2.75, 3.05) is 0 Å². The highest BCUT2D eigenvalue weighted by Crippen LogP contribution is 2.21. The molecule has 0 saturated carbocycles. The van der Waals surface area contributed by atoms with Crippen LogP contribution in [0.1, 0.15) is 30.5 Å². The zero-order valence-corrected chi connectivity index (χ0v) is 13.1. The minimum atomic E-state index is -0.415. The summed E-state index contributed by atoms with van der Waals surface area (Å²) < 4.78 is 13.6. The van der Waals surface area contributed by atoms with Crippen molar-refractivity contribution in [1.29, 1.82) is 5.26 Å². The number of hydrogen-bond donors (Lipinski definition) is 0. The molecule has 0 unspecified atom stereocenters. The first kappa shape index (κ1) is 16.8. The topological polar surface area (TPSA) is 23.8 Å². The second-order valence-corrected chi connectivity index (χ2v) is 4.78. The van der Waals surface area contributed by atoms with Crippen LogP contribution in [0.4, 0.5) is 4.39 Å². The summed E-state index contributed by atoms with van der Waals surface area (Å²) in [5, 5.41) is 10.4. The van der Waals surface area contributed by atoms with Crippen LogP contribution in [-0.2, 0) is 0 Å². The second kappa shape index (κ2) is 8.84. The lowest BCUT2D eigenvalue weighted by Gasteiger charge is -1.97. The van der Waals surface area contributed by atoms with E-state index in [4.69, 9.17) is 5.26 Å². The van der Waals surface area contributed by atoms with E-state index in [1.165, 1.54) is 11.6 Å². The lowest BCUT2D eigenvalue weighted by atomic mass is 10.1. The molecule has 0 atom stereocenters. The van der Waals surface area contributed by atoms with E-state index >= 15 is 0 Å². The van der Waals surface area contributed by atoms with Crippen molar-refractivity contribution in [1.82, 2.24) is 0 Å². The molecule has 0 amide bonds.